The fourth-order valence-electron chi connectivity index (χ4n) is 4.04. The lowest BCUT2D eigenvalue weighted by atomic mass is 10.1. The lowest BCUT2D eigenvalue weighted by Crippen LogP contribution is -2.39. The maximum absolute atomic E-state index is 12.5. The number of nitrogens with zero attached hydrogens (tertiary/aromatic N) is 3. The van der Waals surface area contributed by atoms with Gasteiger partial charge in [0.25, 0.3) is 5.91 Å². The zero-order valence-corrected chi connectivity index (χ0v) is 21.8. The van der Waals surface area contributed by atoms with Crippen LogP contribution >= 0.6 is 11.6 Å². The number of para-hydroxylation sites is 1. The van der Waals surface area contributed by atoms with E-state index in [9.17, 15) is 13.2 Å². The van der Waals surface area contributed by atoms with Gasteiger partial charge in [-0.15, -0.1) is 0 Å². The molecule has 0 aliphatic rings. The Morgan fingerprint density at radius 3 is 2.29 bits per heavy atom. The first kappa shape index (κ1) is 25.5. The minimum absolute atomic E-state index is 0.392. The molecule has 3 aromatic rings. The molecule has 180 valence electrons. The Balaban J connectivity index is 1.80. The Morgan fingerprint density at radius 2 is 1.71 bits per heavy atom. The van der Waals surface area contributed by atoms with Crippen molar-refractivity contribution in [1.82, 2.24) is 9.99 Å². The molecule has 2 aromatic carbocycles. The van der Waals surface area contributed by atoms with Gasteiger partial charge in [-0.1, -0.05) is 29.8 Å². The topological polar surface area (TPSA) is 83.8 Å². The summed E-state index contributed by atoms with van der Waals surface area (Å²) in [5.41, 5.74) is 9.83. The van der Waals surface area contributed by atoms with Gasteiger partial charge >= 0.3 is 0 Å². The monoisotopic (exact) mass is 500 g/mol. The lowest BCUT2D eigenvalue weighted by molar-refractivity contribution is -0.119. The molecule has 0 aliphatic heterocycles. The van der Waals surface area contributed by atoms with Crippen molar-refractivity contribution in [2.24, 2.45) is 5.10 Å². The van der Waals surface area contributed by atoms with E-state index in [0.29, 0.717) is 16.3 Å². The van der Waals surface area contributed by atoms with Gasteiger partial charge in [0.1, 0.15) is 6.54 Å². The normalized spacial score (nSPS) is 11.7. The number of rotatable bonds is 7. The number of aromatic nitrogens is 1. The molecule has 0 bridgehead atoms. The number of hydrogen-bond acceptors (Lipinski definition) is 4. The van der Waals surface area contributed by atoms with Gasteiger partial charge in [0.05, 0.1) is 23.8 Å². The zero-order valence-electron chi connectivity index (χ0n) is 20.2. The summed E-state index contributed by atoms with van der Waals surface area (Å²) in [6, 6.07) is 13.0. The number of hydrogen-bond donors (Lipinski definition) is 1. The van der Waals surface area contributed by atoms with Crippen LogP contribution in [0.15, 0.2) is 47.6 Å². The maximum atomic E-state index is 12.5. The second kappa shape index (κ2) is 10.0. The maximum Gasteiger partial charge on any atom is 0.260 e. The van der Waals surface area contributed by atoms with Crippen molar-refractivity contribution in [1.29, 1.82) is 0 Å². The van der Waals surface area contributed by atoms with Gasteiger partial charge in [-0.25, -0.2) is 13.8 Å². The molecular formula is C25H29ClN4O3S. The average molecular weight is 501 g/mol. The van der Waals surface area contributed by atoms with Crippen LogP contribution in [0.3, 0.4) is 0 Å². The molecule has 0 spiro atoms. The van der Waals surface area contributed by atoms with Crippen LogP contribution in [0.5, 0.6) is 0 Å². The fraction of sp³-hybridized carbons (Fsp3) is 0.280. The van der Waals surface area contributed by atoms with Crippen LogP contribution in [0.25, 0.3) is 5.69 Å². The average Bonchev–Trinajstić information content (AvgIpc) is 3.00. The number of amides is 1. The fourth-order valence-corrected chi connectivity index (χ4v) is 5.18. The molecule has 0 radical (unpaired) electrons. The standard InChI is InChI=1S/C25H29ClN4O3S/c1-16-8-7-9-17(2)25(16)30-19(4)13-21(20(30)5)14-27-28-24(31)15-29(34(6,32)33)23-11-10-22(26)12-18(23)3/h7-14H,15H2,1-6H3,(H,28,31)/b27-14-. The number of sulfonamides is 1. The summed E-state index contributed by atoms with van der Waals surface area (Å²) < 4.78 is 27.9. The predicted octanol–water partition coefficient (Wildman–Crippen LogP) is 4.59. The van der Waals surface area contributed by atoms with E-state index in [-0.39, 0.29) is 0 Å². The number of anilines is 1. The number of hydrazone groups is 1. The smallest absolute Gasteiger partial charge is 0.260 e. The predicted molar refractivity (Wildman–Crippen MR) is 139 cm³/mol. The van der Waals surface area contributed by atoms with Gasteiger partial charge in [0.15, 0.2) is 0 Å². The van der Waals surface area contributed by atoms with Gasteiger partial charge < -0.3 is 4.57 Å². The molecule has 0 aliphatic carbocycles. The van der Waals surface area contributed by atoms with Crippen LogP contribution in [0, 0.1) is 34.6 Å². The second-order valence-corrected chi connectivity index (χ2v) is 10.7. The number of carbonyl (C=O) groups is 1. The van der Waals surface area contributed by atoms with E-state index in [4.69, 9.17) is 11.6 Å². The van der Waals surface area contributed by atoms with E-state index in [0.717, 1.165) is 44.3 Å². The Hall–Kier alpha value is -3.10. The van der Waals surface area contributed by atoms with Crippen LogP contribution in [0.4, 0.5) is 5.69 Å². The van der Waals surface area contributed by atoms with Gasteiger partial charge in [-0.2, -0.15) is 5.10 Å². The van der Waals surface area contributed by atoms with Crippen LogP contribution in [-0.4, -0.2) is 37.9 Å². The molecule has 0 atom stereocenters. The Morgan fingerprint density at radius 1 is 1.06 bits per heavy atom. The zero-order chi connectivity index (χ0) is 25.2. The summed E-state index contributed by atoms with van der Waals surface area (Å²) in [6.45, 7) is 9.50. The number of aryl methyl sites for hydroxylation is 4. The highest BCUT2D eigenvalue weighted by molar-refractivity contribution is 7.92. The molecule has 1 heterocycles. The Kier molecular flexibility index (Phi) is 7.53. The van der Waals surface area contributed by atoms with Crippen LogP contribution in [0.2, 0.25) is 5.02 Å². The SMILES string of the molecule is Cc1cc(Cl)ccc1N(CC(=O)N/N=C\c1cc(C)n(-c2c(C)cccc2C)c1C)S(C)(=O)=O. The third-order valence-corrected chi connectivity index (χ3v) is 7.00. The van der Waals surface area contributed by atoms with Gasteiger partial charge in [-0.3, -0.25) is 9.10 Å². The number of carbonyl (C=O) groups excluding carboxylic acids is 1. The molecule has 34 heavy (non-hydrogen) atoms. The summed E-state index contributed by atoms with van der Waals surface area (Å²) >= 11 is 5.98. The number of benzene rings is 2. The molecule has 0 saturated carbocycles. The summed E-state index contributed by atoms with van der Waals surface area (Å²) in [7, 11) is -3.70. The van der Waals surface area contributed by atoms with E-state index >= 15 is 0 Å². The van der Waals surface area contributed by atoms with E-state index in [2.05, 4.69) is 41.1 Å². The number of halogens is 1. The first-order valence-corrected chi connectivity index (χ1v) is 12.9. The molecule has 9 heteroatoms. The van der Waals surface area contributed by atoms with Crippen molar-refractivity contribution in [3.05, 3.63) is 81.1 Å². The Bertz CT molecular complexity index is 1360. The van der Waals surface area contributed by atoms with Crippen molar-refractivity contribution in [3.8, 4) is 5.69 Å². The molecule has 3 rings (SSSR count). The second-order valence-electron chi connectivity index (χ2n) is 8.40. The Labute approximate surface area is 206 Å². The van der Waals surface area contributed by atoms with Crippen molar-refractivity contribution in [3.63, 3.8) is 0 Å². The summed E-state index contributed by atoms with van der Waals surface area (Å²) in [4.78, 5) is 12.5. The number of nitrogens with one attached hydrogen (secondary N) is 1. The molecule has 1 N–H and O–H groups in total. The minimum atomic E-state index is -3.70. The van der Waals surface area contributed by atoms with E-state index < -0.39 is 22.5 Å². The molecule has 1 amide bonds. The quantitative estimate of drug-likeness (QED) is 0.380. The molecule has 0 fully saturated rings. The third-order valence-electron chi connectivity index (χ3n) is 5.64. The van der Waals surface area contributed by atoms with Crippen LogP contribution < -0.4 is 9.73 Å². The highest BCUT2D eigenvalue weighted by atomic mass is 35.5. The molecular weight excluding hydrogens is 472 g/mol. The highest BCUT2D eigenvalue weighted by Gasteiger charge is 2.22. The van der Waals surface area contributed by atoms with E-state index in [1.165, 1.54) is 0 Å². The third kappa shape index (κ3) is 5.51. The van der Waals surface area contributed by atoms with Crippen LogP contribution in [-0.2, 0) is 14.8 Å². The first-order valence-electron chi connectivity index (χ1n) is 10.7. The van der Waals surface area contributed by atoms with Crippen molar-refractivity contribution < 1.29 is 13.2 Å². The summed E-state index contributed by atoms with van der Waals surface area (Å²) in [6.07, 6.45) is 2.63. The molecule has 0 unspecified atom stereocenters. The van der Waals surface area contributed by atoms with Gasteiger partial charge in [0, 0.05) is 22.0 Å². The largest absolute Gasteiger partial charge is 0.317 e. The van der Waals surface area contributed by atoms with Crippen molar-refractivity contribution in [2.45, 2.75) is 34.6 Å². The van der Waals surface area contributed by atoms with Gasteiger partial charge in [-0.05, 0) is 75.6 Å². The first-order chi connectivity index (χ1) is 15.9. The molecule has 7 nitrogen and oxygen atoms in total. The highest BCUT2D eigenvalue weighted by Crippen LogP contribution is 2.26. The van der Waals surface area contributed by atoms with E-state index in [1.807, 2.05) is 26.0 Å². The summed E-state index contributed by atoms with van der Waals surface area (Å²) in [5, 5.41) is 4.57. The minimum Gasteiger partial charge on any atom is -0.317 e. The van der Waals surface area contributed by atoms with Gasteiger partial charge in [0.2, 0.25) is 10.0 Å². The summed E-state index contributed by atoms with van der Waals surface area (Å²) in [5.74, 6) is -0.556. The molecule has 0 saturated heterocycles. The molecule has 1 aromatic heterocycles. The van der Waals surface area contributed by atoms with E-state index in [1.54, 1.807) is 31.3 Å². The lowest BCUT2D eigenvalue weighted by Gasteiger charge is -2.23. The van der Waals surface area contributed by atoms with Crippen molar-refractivity contribution >= 4 is 39.4 Å². The van der Waals surface area contributed by atoms with Crippen LogP contribution in [0.1, 0.15) is 33.6 Å². The van der Waals surface area contributed by atoms with Crippen molar-refractivity contribution in [2.75, 3.05) is 17.1 Å².